The van der Waals surface area contributed by atoms with Gasteiger partial charge in [0.25, 0.3) is 11.8 Å². The molecule has 34 heavy (non-hydrogen) atoms. The minimum atomic E-state index is -0.568. The van der Waals surface area contributed by atoms with Gasteiger partial charge in [-0.3, -0.25) is 14.4 Å². The lowest BCUT2D eigenvalue weighted by Gasteiger charge is -2.38. The van der Waals surface area contributed by atoms with Crippen LogP contribution in [0.15, 0.2) is 48.5 Å². The van der Waals surface area contributed by atoms with Crippen molar-refractivity contribution in [3.05, 3.63) is 70.8 Å². The van der Waals surface area contributed by atoms with E-state index >= 15 is 0 Å². The number of benzene rings is 2. The molecule has 3 amide bonds. The predicted molar refractivity (Wildman–Crippen MR) is 133 cm³/mol. The van der Waals surface area contributed by atoms with Gasteiger partial charge in [-0.25, -0.2) is 0 Å². The molecule has 0 aliphatic carbocycles. The topological polar surface area (TPSA) is 69.7 Å². The first kappa shape index (κ1) is 24.0. The van der Waals surface area contributed by atoms with Gasteiger partial charge in [-0.15, -0.1) is 0 Å². The van der Waals surface area contributed by atoms with E-state index in [-0.39, 0.29) is 23.6 Å². The molecule has 2 aromatic rings. The molecule has 2 heterocycles. The summed E-state index contributed by atoms with van der Waals surface area (Å²) in [6.45, 7) is 6.58. The van der Waals surface area contributed by atoms with Crippen LogP contribution in [0, 0.1) is 19.8 Å². The number of carbonyl (C=O) groups is 3. The van der Waals surface area contributed by atoms with Gasteiger partial charge in [0, 0.05) is 37.3 Å². The van der Waals surface area contributed by atoms with E-state index in [2.05, 4.69) is 5.32 Å². The Morgan fingerprint density at radius 3 is 2.12 bits per heavy atom. The third-order valence-corrected chi connectivity index (χ3v) is 7.21. The highest BCUT2D eigenvalue weighted by atomic mass is 16.2. The Morgan fingerprint density at radius 2 is 1.47 bits per heavy atom. The number of carbonyl (C=O) groups excluding carboxylic acids is 3. The highest BCUT2D eigenvalue weighted by Gasteiger charge is 2.36. The SMILES string of the molecule is Cc1ccc(C(=O)N2CCC([C@@H](NC(=O)c3ccccc3C)C(=O)N3CCCCC3)CC2)cc1. The van der Waals surface area contributed by atoms with E-state index < -0.39 is 6.04 Å². The van der Waals surface area contributed by atoms with Crippen molar-refractivity contribution in [1.29, 1.82) is 0 Å². The molecule has 2 saturated heterocycles. The first-order chi connectivity index (χ1) is 16.4. The van der Waals surface area contributed by atoms with Crippen LogP contribution in [0.3, 0.4) is 0 Å². The fraction of sp³-hybridized carbons (Fsp3) is 0.464. The van der Waals surface area contributed by atoms with Crippen LogP contribution in [-0.4, -0.2) is 59.7 Å². The monoisotopic (exact) mass is 461 g/mol. The van der Waals surface area contributed by atoms with Crippen molar-refractivity contribution in [2.45, 2.75) is 52.0 Å². The number of rotatable bonds is 5. The normalized spacial score (nSPS) is 17.8. The maximum Gasteiger partial charge on any atom is 0.253 e. The van der Waals surface area contributed by atoms with E-state index in [9.17, 15) is 14.4 Å². The molecule has 0 spiro atoms. The Morgan fingerprint density at radius 1 is 0.824 bits per heavy atom. The number of hydrogen-bond donors (Lipinski definition) is 1. The van der Waals surface area contributed by atoms with Crippen LogP contribution in [-0.2, 0) is 4.79 Å². The third kappa shape index (κ3) is 5.49. The Balaban J connectivity index is 1.47. The lowest BCUT2D eigenvalue weighted by molar-refractivity contribution is -0.136. The smallest absolute Gasteiger partial charge is 0.253 e. The molecule has 2 aliphatic rings. The van der Waals surface area contributed by atoms with Gasteiger partial charge in [-0.05, 0) is 75.6 Å². The van der Waals surface area contributed by atoms with Gasteiger partial charge in [-0.1, -0.05) is 35.9 Å². The van der Waals surface area contributed by atoms with Gasteiger partial charge in [0.05, 0.1) is 0 Å². The molecular weight excluding hydrogens is 426 g/mol. The number of likely N-dealkylation sites (tertiary alicyclic amines) is 2. The summed E-state index contributed by atoms with van der Waals surface area (Å²) < 4.78 is 0. The van der Waals surface area contributed by atoms with E-state index in [1.165, 1.54) is 0 Å². The second-order valence-electron chi connectivity index (χ2n) is 9.65. The number of hydrogen-bond acceptors (Lipinski definition) is 3. The summed E-state index contributed by atoms with van der Waals surface area (Å²) >= 11 is 0. The van der Waals surface area contributed by atoms with Crippen molar-refractivity contribution in [3.8, 4) is 0 Å². The molecule has 0 radical (unpaired) electrons. The van der Waals surface area contributed by atoms with Crippen molar-refractivity contribution >= 4 is 17.7 Å². The summed E-state index contributed by atoms with van der Waals surface area (Å²) in [5, 5.41) is 3.09. The Hall–Kier alpha value is -3.15. The Bertz CT molecular complexity index is 1020. The summed E-state index contributed by atoms with van der Waals surface area (Å²) in [7, 11) is 0. The zero-order chi connectivity index (χ0) is 24.1. The quantitative estimate of drug-likeness (QED) is 0.733. The molecular formula is C28H35N3O3. The zero-order valence-corrected chi connectivity index (χ0v) is 20.3. The minimum Gasteiger partial charge on any atom is -0.341 e. The van der Waals surface area contributed by atoms with Crippen molar-refractivity contribution in [2.24, 2.45) is 5.92 Å². The van der Waals surface area contributed by atoms with Crippen LogP contribution in [0.25, 0.3) is 0 Å². The molecule has 0 aromatic heterocycles. The van der Waals surface area contributed by atoms with Gasteiger partial charge in [0.1, 0.15) is 6.04 Å². The molecule has 2 aliphatic heterocycles. The average molecular weight is 462 g/mol. The molecule has 1 N–H and O–H groups in total. The maximum absolute atomic E-state index is 13.5. The van der Waals surface area contributed by atoms with Crippen molar-refractivity contribution in [1.82, 2.24) is 15.1 Å². The average Bonchev–Trinajstić information content (AvgIpc) is 2.88. The van der Waals surface area contributed by atoms with Gasteiger partial charge in [0.15, 0.2) is 0 Å². The van der Waals surface area contributed by atoms with E-state index in [1.807, 2.05) is 66.1 Å². The lowest BCUT2D eigenvalue weighted by atomic mass is 9.87. The van der Waals surface area contributed by atoms with Crippen LogP contribution in [0.1, 0.15) is 63.9 Å². The molecule has 6 nitrogen and oxygen atoms in total. The molecule has 0 bridgehead atoms. The molecule has 2 aromatic carbocycles. The van der Waals surface area contributed by atoms with Crippen LogP contribution in [0.5, 0.6) is 0 Å². The van der Waals surface area contributed by atoms with Crippen LogP contribution in [0.4, 0.5) is 0 Å². The maximum atomic E-state index is 13.5. The van der Waals surface area contributed by atoms with Crippen molar-refractivity contribution < 1.29 is 14.4 Å². The van der Waals surface area contributed by atoms with Crippen LogP contribution < -0.4 is 5.32 Å². The second-order valence-corrected chi connectivity index (χ2v) is 9.65. The summed E-state index contributed by atoms with van der Waals surface area (Å²) in [5.41, 5.74) is 3.31. The number of nitrogens with one attached hydrogen (secondary N) is 1. The fourth-order valence-corrected chi connectivity index (χ4v) is 5.05. The Labute approximate surface area is 202 Å². The molecule has 6 heteroatoms. The summed E-state index contributed by atoms with van der Waals surface area (Å²) in [5.74, 6) is -0.151. The van der Waals surface area contributed by atoms with E-state index in [4.69, 9.17) is 0 Å². The van der Waals surface area contributed by atoms with Crippen LogP contribution >= 0.6 is 0 Å². The van der Waals surface area contributed by atoms with Gasteiger partial charge in [-0.2, -0.15) is 0 Å². The van der Waals surface area contributed by atoms with E-state index in [1.54, 1.807) is 6.07 Å². The molecule has 0 unspecified atom stereocenters. The number of aryl methyl sites for hydroxylation is 2. The third-order valence-electron chi connectivity index (χ3n) is 7.21. The summed E-state index contributed by atoms with van der Waals surface area (Å²) in [6, 6.07) is 14.5. The standard InChI is InChI=1S/C28H35N3O3/c1-20-10-12-23(13-11-20)27(33)31-18-14-22(15-19-31)25(28(34)30-16-6-3-7-17-30)29-26(32)24-9-5-4-8-21(24)2/h4-5,8-13,22,25H,3,6-7,14-19H2,1-2H3,(H,29,32)/t25-/m1/s1. The summed E-state index contributed by atoms with van der Waals surface area (Å²) in [6.07, 6.45) is 4.54. The second kappa shape index (κ2) is 10.9. The highest BCUT2D eigenvalue weighted by Crippen LogP contribution is 2.25. The fourth-order valence-electron chi connectivity index (χ4n) is 5.05. The number of piperidine rings is 2. The van der Waals surface area contributed by atoms with E-state index in [0.29, 0.717) is 37.1 Å². The minimum absolute atomic E-state index is 0.00413. The molecule has 0 saturated carbocycles. The zero-order valence-electron chi connectivity index (χ0n) is 20.3. The van der Waals surface area contributed by atoms with Crippen molar-refractivity contribution in [2.75, 3.05) is 26.2 Å². The first-order valence-electron chi connectivity index (χ1n) is 12.5. The molecule has 2 fully saturated rings. The van der Waals surface area contributed by atoms with Gasteiger partial charge < -0.3 is 15.1 Å². The van der Waals surface area contributed by atoms with Gasteiger partial charge >= 0.3 is 0 Å². The molecule has 1 atom stereocenters. The Kier molecular flexibility index (Phi) is 7.66. The predicted octanol–water partition coefficient (Wildman–Crippen LogP) is 3.97. The highest BCUT2D eigenvalue weighted by molar-refractivity contribution is 5.99. The molecule has 4 rings (SSSR count). The van der Waals surface area contributed by atoms with Crippen LogP contribution in [0.2, 0.25) is 0 Å². The summed E-state index contributed by atoms with van der Waals surface area (Å²) in [4.78, 5) is 43.4. The number of nitrogens with zero attached hydrogens (tertiary/aromatic N) is 2. The lowest BCUT2D eigenvalue weighted by Crippen LogP contribution is -2.55. The number of amides is 3. The van der Waals surface area contributed by atoms with Crippen molar-refractivity contribution in [3.63, 3.8) is 0 Å². The van der Waals surface area contributed by atoms with E-state index in [0.717, 1.165) is 43.5 Å². The van der Waals surface area contributed by atoms with Gasteiger partial charge in [0.2, 0.25) is 5.91 Å². The first-order valence-corrected chi connectivity index (χ1v) is 12.5. The molecule has 180 valence electrons. The largest absolute Gasteiger partial charge is 0.341 e.